The molecule has 1 aromatic heterocycles. The van der Waals surface area contributed by atoms with E-state index in [4.69, 9.17) is 21.7 Å². The van der Waals surface area contributed by atoms with Crippen LogP contribution in [0.3, 0.4) is 0 Å². The van der Waals surface area contributed by atoms with Gasteiger partial charge in [0.15, 0.2) is 3.95 Å². The summed E-state index contributed by atoms with van der Waals surface area (Å²) < 4.78 is 11.0. The number of nitrogens with zero attached hydrogens (tertiary/aromatic N) is 1. The van der Waals surface area contributed by atoms with Crippen molar-refractivity contribution in [1.82, 2.24) is 9.88 Å². The summed E-state index contributed by atoms with van der Waals surface area (Å²) in [5, 5.41) is 1.95. The van der Waals surface area contributed by atoms with E-state index in [1.807, 2.05) is 11.5 Å². The highest BCUT2D eigenvalue weighted by molar-refractivity contribution is 7.73. The Morgan fingerprint density at radius 3 is 3.15 bits per heavy atom. The second-order valence-electron chi connectivity index (χ2n) is 4.21. The molecule has 5 nitrogen and oxygen atoms in total. The van der Waals surface area contributed by atoms with Crippen molar-refractivity contribution < 1.29 is 14.3 Å². The lowest BCUT2D eigenvalue weighted by Gasteiger charge is -2.25. The third-order valence-electron chi connectivity index (χ3n) is 2.96. The normalized spacial score (nSPS) is 17.9. The van der Waals surface area contributed by atoms with Crippen molar-refractivity contribution >= 4 is 35.2 Å². The molecule has 2 heterocycles. The van der Waals surface area contributed by atoms with Crippen LogP contribution in [0.5, 0.6) is 0 Å². The molecule has 1 aliphatic rings. The van der Waals surface area contributed by atoms with Crippen LogP contribution >= 0.6 is 23.6 Å². The molecular weight excluding hydrogens is 296 g/mol. The molecule has 1 aromatic rings. The Labute approximate surface area is 126 Å². The summed E-state index contributed by atoms with van der Waals surface area (Å²) in [4.78, 5) is 16.8. The maximum Gasteiger partial charge on any atom is 0.410 e. The summed E-state index contributed by atoms with van der Waals surface area (Å²) in [7, 11) is 1.61. The minimum atomic E-state index is -0.368. The standard InChI is InChI=1S/C13H16N2O3S2/c1-3-6-18-13(16)15-5-4-9(11(15)7-17-2)10-8-20-12(19)14-10/h3-4,8,11H,1,5-7H2,2H3,(H,14,19)/t11-/m0/s1. The molecule has 0 unspecified atom stereocenters. The molecule has 1 amide bonds. The van der Waals surface area contributed by atoms with Crippen molar-refractivity contribution in [3.63, 3.8) is 0 Å². The van der Waals surface area contributed by atoms with Gasteiger partial charge < -0.3 is 14.5 Å². The number of aromatic nitrogens is 1. The molecule has 1 aliphatic heterocycles. The van der Waals surface area contributed by atoms with E-state index >= 15 is 0 Å². The zero-order valence-corrected chi connectivity index (χ0v) is 12.8. The van der Waals surface area contributed by atoms with Gasteiger partial charge in [0, 0.05) is 19.0 Å². The van der Waals surface area contributed by atoms with Crippen LogP contribution < -0.4 is 0 Å². The van der Waals surface area contributed by atoms with E-state index in [1.54, 1.807) is 18.1 Å². The molecule has 0 aromatic carbocycles. The first-order valence-corrected chi connectivity index (χ1v) is 7.37. The molecule has 0 fully saturated rings. The molecule has 0 saturated carbocycles. The van der Waals surface area contributed by atoms with Gasteiger partial charge in [0.2, 0.25) is 0 Å². The molecule has 0 radical (unpaired) electrons. The van der Waals surface area contributed by atoms with Gasteiger partial charge in [-0.2, -0.15) is 0 Å². The molecule has 1 N–H and O–H groups in total. The molecule has 108 valence electrons. The van der Waals surface area contributed by atoms with Crippen LogP contribution in [0.4, 0.5) is 4.79 Å². The van der Waals surface area contributed by atoms with Crippen molar-refractivity contribution in [2.75, 3.05) is 26.9 Å². The molecule has 7 heteroatoms. The van der Waals surface area contributed by atoms with Crippen LogP contribution in [0.15, 0.2) is 24.1 Å². The number of ether oxygens (including phenoxy) is 2. The van der Waals surface area contributed by atoms with E-state index < -0.39 is 0 Å². The lowest BCUT2D eigenvalue weighted by atomic mass is 10.1. The van der Waals surface area contributed by atoms with Crippen LogP contribution in [-0.4, -0.2) is 48.9 Å². The van der Waals surface area contributed by atoms with Crippen LogP contribution in [0.2, 0.25) is 0 Å². The first-order valence-electron chi connectivity index (χ1n) is 6.08. The largest absolute Gasteiger partial charge is 0.445 e. The average Bonchev–Trinajstić information content (AvgIpc) is 3.03. The summed E-state index contributed by atoms with van der Waals surface area (Å²) in [5.41, 5.74) is 1.94. The van der Waals surface area contributed by atoms with Gasteiger partial charge in [0.05, 0.1) is 18.3 Å². The lowest BCUT2D eigenvalue weighted by Crippen LogP contribution is -2.40. The predicted molar refractivity (Wildman–Crippen MR) is 81.4 cm³/mol. The van der Waals surface area contributed by atoms with E-state index in [-0.39, 0.29) is 18.7 Å². The minimum Gasteiger partial charge on any atom is -0.445 e. The zero-order chi connectivity index (χ0) is 14.5. The van der Waals surface area contributed by atoms with Gasteiger partial charge in [-0.05, 0) is 17.8 Å². The summed E-state index contributed by atoms with van der Waals surface area (Å²) in [6, 6.07) is -0.169. The third kappa shape index (κ3) is 3.17. The first-order chi connectivity index (χ1) is 9.67. The van der Waals surface area contributed by atoms with Crippen molar-refractivity contribution in [3.05, 3.63) is 33.8 Å². The third-order valence-corrected chi connectivity index (χ3v) is 4.02. The monoisotopic (exact) mass is 312 g/mol. The number of carbonyl (C=O) groups is 1. The van der Waals surface area contributed by atoms with Gasteiger partial charge in [0.25, 0.3) is 0 Å². The van der Waals surface area contributed by atoms with Gasteiger partial charge >= 0.3 is 6.09 Å². The Bertz CT molecular complexity index is 576. The zero-order valence-electron chi connectivity index (χ0n) is 11.1. The lowest BCUT2D eigenvalue weighted by molar-refractivity contribution is 0.0887. The van der Waals surface area contributed by atoms with E-state index in [1.165, 1.54) is 11.3 Å². The molecule has 0 spiro atoms. The summed E-state index contributed by atoms with van der Waals surface area (Å²) in [5.74, 6) is 0. The van der Waals surface area contributed by atoms with Crippen molar-refractivity contribution in [2.24, 2.45) is 0 Å². The quantitative estimate of drug-likeness (QED) is 0.671. The van der Waals surface area contributed by atoms with E-state index in [9.17, 15) is 4.79 Å². The highest BCUT2D eigenvalue weighted by Crippen LogP contribution is 2.28. The second-order valence-corrected chi connectivity index (χ2v) is 5.76. The van der Waals surface area contributed by atoms with E-state index in [0.29, 0.717) is 17.1 Å². The summed E-state index contributed by atoms with van der Waals surface area (Å²) in [6.45, 7) is 4.63. The van der Waals surface area contributed by atoms with Crippen LogP contribution in [-0.2, 0) is 9.47 Å². The number of hydrogen-bond acceptors (Lipinski definition) is 5. The molecular formula is C13H16N2O3S2. The molecule has 1 atom stereocenters. The summed E-state index contributed by atoms with van der Waals surface area (Å²) in [6.07, 6.45) is 3.17. The highest BCUT2D eigenvalue weighted by Gasteiger charge is 2.33. The number of methoxy groups -OCH3 is 1. The number of amides is 1. The average molecular weight is 312 g/mol. The number of H-pyrrole nitrogens is 1. The van der Waals surface area contributed by atoms with Crippen LogP contribution in [0.1, 0.15) is 5.69 Å². The topological polar surface area (TPSA) is 54.6 Å². The van der Waals surface area contributed by atoms with Crippen molar-refractivity contribution in [1.29, 1.82) is 0 Å². The van der Waals surface area contributed by atoms with Gasteiger partial charge in [0.1, 0.15) is 6.61 Å². The number of aromatic amines is 1. The molecule has 0 bridgehead atoms. The molecule has 2 rings (SSSR count). The Morgan fingerprint density at radius 2 is 2.55 bits per heavy atom. The highest BCUT2D eigenvalue weighted by atomic mass is 32.1. The Balaban J connectivity index is 2.16. The number of carbonyl (C=O) groups excluding carboxylic acids is 1. The maximum absolute atomic E-state index is 12.0. The number of thiazole rings is 1. The fourth-order valence-corrected chi connectivity index (χ4v) is 2.93. The number of rotatable bonds is 5. The fourth-order valence-electron chi connectivity index (χ4n) is 2.09. The van der Waals surface area contributed by atoms with Gasteiger partial charge in [-0.1, -0.05) is 18.7 Å². The van der Waals surface area contributed by atoms with Crippen LogP contribution in [0, 0.1) is 3.95 Å². The van der Waals surface area contributed by atoms with Gasteiger partial charge in [-0.15, -0.1) is 11.3 Å². The Hall–Kier alpha value is -1.44. The fraction of sp³-hybridized carbons (Fsp3) is 0.385. The van der Waals surface area contributed by atoms with Crippen molar-refractivity contribution in [2.45, 2.75) is 6.04 Å². The molecule has 20 heavy (non-hydrogen) atoms. The SMILES string of the molecule is C=CCOC(=O)N1CC=C(c2csc(=S)[nH]2)[C@@H]1COC. The Morgan fingerprint density at radius 1 is 1.75 bits per heavy atom. The maximum atomic E-state index is 12.0. The first kappa shape index (κ1) is 15.0. The smallest absolute Gasteiger partial charge is 0.410 e. The number of nitrogens with one attached hydrogen (secondary N) is 1. The van der Waals surface area contributed by atoms with Gasteiger partial charge in [-0.25, -0.2) is 4.79 Å². The number of hydrogen-bond donors (Lipinski definition) is 1. The second kappa shape index (κ2) is 6.83. The van der Waals surface area contributed by atoms with Crippen molar-refractivity contribution in [3.8, 4) is 0 Å². The van der Waals surface area contributed by atoms with Crippen LogP contribution in [0.25, 0.3) is 5.57 Å². The Kier molecular flexibility index (Phi) is 5.11. The van der Waals surface area contributed by atoms with E-state index in [2.05, 4.69) is 11.6 Å². The van der Waals surface area contributed by atoms with E-state index in [0.717, 1.165) is 11.3 Å². The minimum absolute atomic E-state index is 0.169. The predicted octanol–water partition coefficient (Wildman–Crippen LogP) is 2.84. The van der Waals surface area contributed by atoms with Gasteiger partial charge in [-0.3, -0.25) is 4.90 Å². The molecule has 0 saturated heterocycles. The molecule has 0 aliphatic carbocycles. The summed E-state index contributed by atoms with van der Waals surface area (Å²) >= 11 is 6.56.